The van der Waals surface area contributed by atoms with Crippen LogP contribution in [0.1, 0.15) is 20.8 Å². The van der Waals surface area contributed by atoms with Gasteiger partial charge in [-0.15, -0.1) is 0 Å². The highest BCUT2D eigenvalue weighted by Crippen LogP contribution is 2.30. The van der Waals surface area contributed by atoms with Gasteiger partial charge in [0.15, 0.2) is 5.83 Å². The summed E-state index contributed by atoms with van der Waals surface area (Å²) in [5, 5.41) is 6.31. The molecule has 0 aromatic heterocycles. The number of likely N-dealkylation sites (N-methyl/N-ethyl adjacent to an activating group) is 1. The number of nitrogens with one attached hydrogen (secondary N) is 2. The van der Waals surface area contributed by atoms with E-state index < -0.39 is 36.2 Å². The Morgan fingerprint density at radius 3 is 2.61 bits per heavy atom. The largest absolute Gasteiger partial charge is 0.511 e. The van der Waals surface area contributed by atoms with Crippen LogP contribution in [0.15, 0.2) is 35.1 Å². The summed E-state index contributed by atoms with van der Waals surface area (Å²) in [7, 11) is 0. The number of rotatable bonds is 6. The van der Waals surface area contributed by atoms with Gasteiger partial charge < -0.3 is 34.6 Å². The topological polar surface area (TPSA) is 109 Å². The molecule has 0 bridgehead atoms. The van der Waals surface area contributed by atoms with Crippen LogP contribution in [0.4, 0.5) is 9.18 Å². The van der Waals surface area contributed by atoms with E-state index in [1.807, 2.05) is 11.8 Å². The third kappa shape index (κ3) is 4.98. The first kappa shape index (κ1) is 22.6. The lowest BCUT2D eigenvalue weighted by Crippen LogP contribution is -2.55. The van der Waals surface area contributed by atoms with Gasteiger partial charge in [0.2, 0.25) is 12.1 Å². The van der Waals surface area contributed by atoms with E-state index in [0.29, 0.717) is 25.5 Å². The molecular formula is C20H27FN4O6. The number of esters is 1. The Hall–Kier alpha value is -3.08. The van der Waals surface area contributed by atoms with E-state index in [4.69, 9.17) is 9.47 Å². The molecule has 3 rings (SSSR count). The lowest BCUT2D eigenvalue weighted by Gasteiger charge is -2.42. The van der Waals surface area contributed by atoms with Crippen LogP contribution < -0.4 is 10.6 Å². The number of hydrogen-bond donors (Lipinski definition) is 2. The zero-order chi connectivity index (χ0) is 22.5. The number of hydrogen-bond acceptors (Lipinski definition) is 10. The molecule has 2 N–H and O–H groups in total. The van der Waals surface area contributed by atoms with Gasteiger partial charge in [0.05, 0.1) is 6.61 Å². The van der Waals surface area contributed by atoms with Gasteiger partial charge >= 0.3 is 12.1 Å². The maximum absolute atomic E-state index is 14.9. The highest BCUT2D eigenvalue weighted by atomic mass is 19.1. The first-order valence-electron chi connectivity index (χ1n) is 10.3. The molecule has 0 saturated carbocycles. The first-order valence-corrected chi connectivity index (χ1v) is 10.3. The number of allylic oxidation sites excluding steroid dienone is 2. The molecule has 3 aliphatic heterocycles. The normalized spacial score (nSPS) is 22.1. The minimum Gasteiger partial charge on any atom is -0.435 e. The SMILES string of the molecule is CCOC(=O)OC(C)OC(=O)C1=CN(CC)C2NC(N3CCNCC3)=C(F)C=C2C1=O. The van der Waals surface area contributed by atoms with Crippen molar-refractivity contribution >= 4 is 17.9 Å². The molecule has 11 heteroatoms. The van der Waals surface area contributed by atoms with E-state index in [2.05, 4.69) is 15.4 Å². The molecule has 2 atom stereocenters. The van der Waals surface area contributed by atoms with Gasteiger partial charge in [-0.3, -0.25) is 4.79 Å². The summed E-state index contributed by atoms with van der Waals surface area (Å²) in [6.07, 6.45) is -0.305. The molecule has 0 amide bonds. The Bertz CT molecular complexity index is 834. The number of nitrogens with zero attached hydrogens (tertiary/aromatic N) is 2. The van der Waals surface area contributed by atoms with Crippen LogP contribution in [-0.2, 0) is 23.8 Å². The Balaban J connectivity index is 1.78. The minimum atomic E-state index is -1.26. The van der Waals surface area contributed by atoms with Crippen LogP contribution in [-0.4, -0.2) is 79.5 Å². The van der Waals surface area contributed by atoms with E-state index in [1.165, 1.54) is 19.2 Å². The van der Waals surface area contributed by atoms with E-state index in [1.54, 1.807) is 11.8 Å². The quantitative estimate of drug-likeness (QED) is 0.350. The van der Waals surface area contributed by atoms with Crippen LogP contribution in [0.3, 0.4) is 0 Å². The number of halogens is 1. The fourth-order valence-electron chi connectivity index (χ4n) is 3.54. The second-order valence-corrected chi connectivity index (χ2v) is 7.06. The summed E-state index contributed by atoms with van der Waals surface area (Å²) in [5.74, 6) is -1.86. The number of carbonyl (C=O) groups excluding carboxylic acids is 3. The highest BCUT2D eigenvalue weighted by molar-refractivity contribution is 6.25. The highest BCUT2D eigenvalue weighted by Gasteiger charge is 2.40. The average Bonchev–Trinajstić information content (AvgIpc) is 2.74. The van der Waals surface area contributed by atoms with E-state index in [9.17, 15) is 18.8 Å². The Morgan fingerprint density at radius 2 is 1.97 bits per heavy atom. The number of ether oxygens (including phenoxy) is 3. The van der Waals surface area contributed by atoms with Crippen molar-refractivity contribution in [3.8, 4) is 0 Å². The molecule has 170 valence electrons. The van der Waals surface area contributed by atoms with Crippen LogP contribution >= 0.6 is 0 Å². The lowest BCUT2D eigenvalue weighted by molar-refractivity contribution is -0.163. The zero-order valence-corrected chi connectivity index (χ0v) is 17.8. The minimum absolute atomic E-state index is 0.103. The fourth-order valence-corrected chi connectivity index (χ4v) is 3.54. The summed E-state index contributed by atoms with van der Waals surface area (Å²) in [4.78, 5) is 40.5. The van der Waals surface area contributed by atoms with Crippen molar-refractivity contribution in [2.24, 2.45) is 0 Å². The van der Waals surface area contributed by atoms with Gasteiger partial charge in [0, 0.05) is 51.4 Å². The van der Waals surface area contributed by atoms with Crippen LogP contribution in [0, 0.1) is 0 Å². The van der Waals surface area contributed by atoms with E-state index >= 15 is 0 Å². The van der Waals surface area contributed by atoms with Crippen molar-refractivity contribution in [1.82, 2.24) is 20.4 Å². The average molecular weight is 438 g/mol. The van der Waals surface area contributed by atoms with Crippen molar-refractivity contribution in [2.75, 3.05) is 39.3 Å². The summed E-state index contributed by atoms with van der Waals surface area (Å²) in [5.41, 5.74) is -0.171. The second kappa shape index (κ2) is 9.82. The van der Waals surface area contributed by atoms with Crippen molar-refractivity contribution < 1.29 is 33.0 Å². The molecule has 31 heavy (non-hydrogen) atoms. The van der Waals surface area contributed by atoms with Gasteiger partial charge in [0.25, 0.3) is 0 Å². The molecule has 3 aliphatic rings. The molecular weight excluding hydrogens is 411 g/mol. The van der Waals surface area contributed by atoms with Gasteiger partial charge in [-0.25, -0.2) is 14.0 Å². The lowest BCUT2D eigenvalue weighted by atomic mass is 9.94. The summed E-state index contributed by atoms with van der Waals surface area (Å²) < 4.78 is 29.3. The molecule has 0 aromatic carbocycles. The number of fused-ring (bicyclic) bond motifs is 1. The van der Waals surface area contributed by atoms with Crippen molar-refractivity contribution in [3.05, 3.63) is 35.1 Å². The number of Topliss-reactive ketones (excluding diaryl/α,β-unsaturated/α-hetero) is 1. The predicted octanol–water partition coefficient (Wildman–Crippen LogP) is 0.737. The molecule has 1 saturated heterocycles. The molecule has 0 radical (unpaired) electrons. The van der Waals surface area contributed by atoms with E-state index in [0.717, 1.165) is 13.1 Å². The molecule has 3 heterocycles. The van der Waals surface area contributed by atoms with Gasteiger partial charge in [0.1, 0.15) is 17.6 Å². The Morgan fingerprint density at radius 1 is 1.26 bits per heavy atom. The summed E-state index contributed by atoms with van der Waals surface area (Å²) in [6.45, 7) is 8.07. The van der Waals surface area contributed by atoms with Gasteiger partial charge in [-0.05, 0) is 19.9 Å². The van der Waals surface area contributed by atoms with Gasteiger partial charge in [-0.1, -0.05) is 0 Å². The fraction of sp³-hybridized carbons (Fsp3) is 0.550. The standard InChI is InChI=1S/C20H27FN4O6/c1-4-24-11-14(19(27)30-12(3)31-20(28)29-5-2)16(26)13-10-15(21)18(23-17(13)24)25-8-6-22-7-9-25/h10-12,17,22-23H,4-9H2,1-3H3. The number of piperazine rings is 1. The van der Waals surface area contributed by atoms with Crippen molar-refractivity contribution in [1.29, 1.82) is 0 Å². The van der Waals surface area contributed by atoms with Gasteiger partial charge in [-0.2, -0.15) is 0 Å². The molecule has 0 aromatic rings. The molecule has 0 aliphatic carbocycles. The van der Waals surface area contributed by atoms with Crippen LogP contribution in [0.2, 0.25) is 0 Å². The van der Waals surface area contributed by atoms with Crippen molar-refractivity contribution in [2.45, 2.75) is 33.2 Å². The third-order valence-corrected chi connectivity index (χ3v) is 5.03. The second-order valence-electron chi connectivity index (χ2n) is 7.06. The summed E-state index contributed by atoms with van der Waals surface area (Å²) in [6, 6.07) is 0. The first-order chi connectivity index (χ1) is 14.8. The maximum atomic E-state index is 14.9. The molecule has 2 unspecified atom stereocenters. The summed E-state index contributed by atoms with van der Waals surface area (Å²) >= 11 is 0. The van der Waals surface area contributed by atoms with E-state index in [-0.39, 0.29) is 17.8 Å². The molecule has 0 spiro atoms. The smallest absolute Gasteiger partial charge is 0.435 e. The third-order valence-electron chi connectivity index (χ3n) is 5.03. The number of ketones is 1. The molecule has 10 nitrogen and oxygen atoms in total. The molecule has 1 fully saturated rings. The van der Waals surface area contributed by atoms with Crippen LogP contribution in [0.25, 0.3) is 0 Å². The number of dihydropyridines is 1. The monoisotopic (exact) mass is 438 g/mol. The zero-order valence-electron chi connectivity index (χ0n) is 17.8. The maximum Gasteiger partial charge on any atom is 0.511 e. The predicted molar refractivity (Wildman–Crippen MR) is 107 cm³/mol. The Kier molecular flexibility index (Phi) is 7.16. The number of carbonyl (C=O) groups is 3. The van der Waals surface area contributed by atoms with Crippen LogP contribution in [0.5, 0.6) is 0 Å². The Labute approximate surface area is 179 Å². The van der Waals surface area contributed by atoms with Crippen molar-refractivity contribution in [3.63, 3.8) is 0 Å².